The molecule has 1 aliphatic rings. The molecule has 7 nitrogen and oxygen atoms in total. The van der Waals surface area contributed by atoms with Crippen LogP contribution in [-0.4, -0.2) is 40.1 Å². The fourth-order valence-electron chi connectivity index (χ4n) is 6.71. The van der Waals surface area contributed by atoms with Crippen LogP contribution in [0.15, 0.2) is 140 Å². The Balaban J connectivity index is 1.20. The van der Waals surface area contributed by atoms with E-state index in [2.05, 4.69) is 17.4 Å². The minimum absolute atomic E-state index is 0.0284. The van der Waals surface area contributed by atoms with Crippen LogP contribution in [0.3, 0.4) is 0 Å². The highest BCUT2D eigenvalue weighted by Gasteiger charge is 2.44. The number of carboxylic acid groups (broad SMARTS) is 1. The average Bonchev–Trinajstić information content (AvgIpc) is 3.43. The number of carboxylic acids is 1. The van der Waals surface area contributed by atoms with Gasteiger partial charge in [0.05, 0.1) is 0 Å². The Labute approximate surface area is 280 Å². The summed E-state index contributed by atoms with van der Waals surface area (Å²) in [6.07, 6.45) is -0.902. The summed E-state index contributed by atoms with van der Waals surface area (Å²) < 4.78 is 5.59. The predicted octanol–water partition coefficient (Wildman–Crippen LogP) is 7.60. The van der Waals surface area contributed by atoms with Crippen LogP contribution < -0.4 is 5.32 Å². The number of nitrogens with zero attached hydrogens (tertiary/aromatic N) is 1. The van der Waals surface area contributed by atoms with Gasteiger partial charge in [-0.2, -0.15) is 0 Å². The summed E-state index contributed by atoms with van der Waals surface area (Å²) in [7, 11) is 0. The molecule has 0 radical (unpaired) electrons. The first-order valence-corrected chi connectivity index (χ1v) is 16.2. The molecular weight excluding hydrogens is 600 g/mol. The summed E-state index contributed by atoms with van der Waals surface area (Å²) in [4.78, 5) is 41.6. The van der Waals surface area contributed by atoms with Crippen LogP contribution in [0.5, 0.6) is 0 Å². The number of amides is 2. The maximum atomic E-state index is 13.5. The fourth-order valence-corrected chi connectivity index (χ4v) is 6.71. The van der Waals surface area contributed by atoms with Crippen LogP contribution in [0.4, 0.5) is 4.79 Å². The number of nitrogens with one attached hydrogen (secondary N) is 1. The third-order valence-electron chi connectivity index (χ3n) is 9.13. The SMILES string of the molecule is O=C(CC[C@](Cc1ccccc1)(C(=O)O)N(Cc1ccccc1)Cc1ccccc1)NC(=O)OCC1c2ccccc2-c2ccccc21. The number of rotatable bonds is 13. The second kappa shape index (κ2) is 14.9. The van der Waals surface area contributed by atoms with Crippen LogP contribution >= 0.6 is 0 Å². The molecule has 0 fully saturated rings. The summed E-state index contributed by atoms with van der Waals surface area (Å²) >= 11 is 0. The summed E-state index contributed by atoms with van der Waals surface area (Å²) in [5, 5.41) is 13.4. The standard InChI is InChI=1S/C41H38N2O5/c44-38(42-40(47)48-29-37-35-22-12-10-20-33(35)34-21-11-13-23-36(34)37)24-25-41(39(45)46,26-30-14-4-1-5-15-30)43(27-31-16-6-2-7-17-31)28-32-18-8-3-9-19-32/h1-23,37H,24-29H2,(H,45,46)(H,42,44,47)/t41-/m0/s1. The normalized spacial score (nSPS) is 13.3. The Morgan fingerprint density at radius 2 is 1.10 bits per heavy atom. The van der Waals surface area contributed by atoms with Gasteiger partial charge in [-0.05, 0) is 45.4 Å². The fraction of sp³-hybridized carbons (Fsp3) is 0.195. The van der Waals surface area contributed by atoms with Crippen molar-refractivity contribution in [1.82, 2.24) is 10.2 Å². The Bertz CT molecular complexity index is 1780. The molecule has 5 aromatic rings. The summed E-state index contributed by atoms with van der Waals surface area (Å²) in [6, 6.07) is 45.0. The minimum atomic E-state index is -1.47. The smallest absolute Gasteiger partial charge is 0.413 e. The number of aliphatic carboxylic acids is 1. The number of carbonyl (C=O) groups is 3. The Morgan fingerprint density at radius 1 is 0.646 bits per heavy atom. The Kier molecular flexibility index (Phi) is 10.1. The van der Waals surface area contributed by atoms with Gasteiger partial charge in [-0.3, -0.25) is 19.8 Å². The van der Waals surface area contributed by atoms with E-state index in [0.29, 0.717) is 13.1 Å². The van der Waals surface area contributed by atoms with E-state index in [0.717, 1.165) is 38.9 Å². The number of fused-ring (bicyclic) bond motifs is 3. The molecule has 242 valence electrons. The highest BCUT2D eigenvalue weighted by molar-refractivity contribution is 5.92. The third kappa shape index (κ3) is 7.37. The van der Waals surface area contributed by atoms with Gasteiger partial charge in [0, 0.05) is 31.8 Å². The van der Waals surface area contributed by atoms with Crippen molar-refractivity contribution in [3.63, 3.8) is 0 Å². The molecule has 1 aliphatic carbocycles. The van der Waals surface area contributed by atoms with Crippen molar-refractivity contribution in [2.24, 2.45) is 0 Å². The molecule has 0 aliphatic heterocycles. The highest BCUT2D eigenvalue weighted by atomic mass is 16.5. The topological polar surface area (TPSA) is 95.9 Å². The quantitative estimate of drug-likeness (QED) is 0.138. The number of ether oxygens (including phenoxy) is 1. The van der Waals surface area contributed by atoms with Gasteiger partial charge in [0.2, 0.25) is 5.91 Å². The third-order valence-corrected chi connectivity index (χ3v) is 9.13. The van der Waals surface area contributed by atoms with Gasteiger partial charge in [-0.1, -0.05) is 140 Å². The maximum absolute atomic E-state index is 13.5. The van der Waals surface area contributed by atoms with Gasteiger partial charge in [0.15, 0.2) is 0 Å². The monoisotopic (exact) mass is 638 g/mol. The van der Waals surface area contributed by atoms with Gasteiger partial charge in [-0.15, -0.1) is 0 Å². The van der Waals surface area contributed by atoms with Gasteiger partial charge in [0.1, 0.15) is 12.1 Å². The zero-order valence-electron chi connectivity index (χ0n) is 26.6. The molecule has 0 unspecified atom stereocenters. The lowest BCUT2D eigenvalue weighted by atomic mass is 9.83. The maximum Gasteiger partial charge on any atom is 0.413 e. The van der Waals surface area contributed by atoms with E-state index >= 15 is 0 Å². The second-order valence-electron chi connectivity index (χ2n) is 12.2. The van der Waals surface area contributed by atoms with Crippen molar-refractivity contribution in [2.45, 2.75) is 43.8 Å². The van der Waals surface area contributed by atoms with E-state index in [1.807, 2.05) is 132 Å². The molecule has 0 heterocycles. The molecule has 6 rings (SSSR count). The van der Waals surface area contributed by atoms with Crippen molar-refractivity contribution in [3.05, 3.63) is 167 Å². The largest absolute Gasteiger partial charge is 0.480 e. The lowest BCUT2D eigenvalue weighted by Crippen LogP contribution is -2.56. The first-order valence-electron chi connectivity index (χ1n) is 16.2. The molecule has 48 heavy (non-hydrogen) atoms. The van der Waals surface area contributed by atoms with Crippen LogP contribution in [0.1, 0.15) is 46.6 Å². The number of alkyl carbamates (subject to hydrolysis) is 1. The van der Waals surface area contributed by atoms with E-state index in [1.165, 1.54) is 0 Å². The molecule has 2 amide bonds. The summed E-state index contributed by atoms with van der Waals surface area (Å²) in [5.74, 6) is -1.77. The highest BCUT2D eigenvalue weighted by Crippen LogP contribution is 2.44. The number of imide groups is 1. The van der Waals surface area contributed by atoms with Crippen molar-refractivity contribution in [3.8, 4) is 11.1 Å². The molecule has 0 aromatic heterocycles. The molecule has 0 spiro atoms. The van der Waals surface area contributed by atoms with Crippen molar-refractivity contribution in [2.75, 3.05) is 6.61 Å². The number of hydrogen-bond donors (Lipinski definition) is 2. The molecule has 5 aromatic carbocycles. The van der Waals surface area contributed by atoms with Gasteiger partial charge < -0.3 is 9.84 Å². The summed E-state index contributed by atoms with van der Waals surface area (Å²) in [5.41, 5.74) is 5.64. The number of carbonyl (C=O) groups excluding carboxylic acids is 2. The zero-order valence-corrected chi connectivity index (χ0v) is 26.6. The van der Waals surface area contributed by atoms with Crippen molar-refractivity contribution < 1.29 is 24.2 Å². The van der Waals surface area contributed by atoms with Crippen LogP contribution in [0.25, 0.3) is 11.1 Å². The van der Waals surface area contributed by atoms with E-state index in [4.69, 9.17) is 4.74 Å². The lowest BCUT2D eigenvalue weighted by molar-refractivity contribution is -0.154. The van der Waals surface area contributed by atoms with Crippen molar-refractivity contribution >= 4 is 18.0 Å². The van der Waals surface area contributed by atoms with Gasteiger partial charge in [0.25, 0.3) is 0 Å². The van der Waals surface area contributed by atoms with E-state index in [1.54, 1.807) is 0 Å². The van der Waals surface area contributed by atoms with Crippen LogP contribution in [0.2, 0.25) is 0 Å². The van der Waals surface area contributed by atoms with Crippen LogP contribution in [-0.2, 0) is 33.8 Å². The van der Waals surface area contributed by atoms with E-state index in [-0.39, 0.29) is 31.8 Å². The number of hydrogen-bond acceptors (Lipinski definition) is 5. The lowest BCUT2D eigenvalue weighted by Gasteiger charge is -2.41. The molecule has 7 heteroatoms. The first kappa shape index (κ1) is 32.4. The van der Waals surface area contributed by atoms with Crippen molar-refractivity contribution in [1.29, 1.82) is 0 Å². The molecule has 0 bridgehead atoms. The van der Waals surface area contributed by atoms with Gasteiger partial charge in [-0.25, -0.2) is 4.79 Å². The molecule has 2 N–H and O–H groups in total. The Morgan fingerprint density at radius 3 is 1.60 bits per heavy atom. The summed E-state index contributed by atoms with van der Waals surface area (Å²) in [6.45, 7) is 0.772. The second-order valence-corrected chi connectivity index (χ2v) is 12.2. The molecular formula is C41H38N2O5. The Hall–Kier alpha value is -5.53. The van der Waals surface area contributed by atoms with Gasteiger partial charge >= 0.3 is 12.1 Å². The zero-order chi connectivity index (χ0) is 33.3. The molecule has 1 atom stereocenters. The molecule has 0 saturated carbocycles. The predicted molar refractivity (Wildman–Crippen MR) is 185 cm³/mol. The minimum Gasteiger partial charge on any atom is -0.480 e. The van der Waals surface area contributed by atoms with E-state index < -0.39 is 23.5 Å². The molecule has 0 saturated heterocycles. The van der Waals surface area contributed by atoms with E-state index in [9.17, 15) is 19.5 Å². The first-order chi connectivity index (χ1) is 23.4. The number of benzene rings is 5. The average molecular weight is 639 g/mol. The van der Waals surface area contributed by atoms with Crippen LogP contribution in [0, 0.1) is 0 Å².